The van der Waals surface area contributed by atoms with Gasteiger partial charge in [-0.25, -0.2) is 0 Å². The summed E-state index contributed by atoms with van der Waals surface area (Å²) in [6.07, 6.45) is 6.43. The Morgan fingerprint density at radius 2 is 1.89 bits per heavy atom. The average Bonchev–Trinajstić information content (AvgIpc) is 2.46. The number of carbonyl (C=O) groups excluding carboxylic acids is 1. The van der Waals surface area contributed by atoms with E-state index in [2.05, 4.69) is 0 Å². The third kappa shape index (κ3) is 6.89. The van der Waals surface area contributed by atoms with Crippen molar-refractivity contribution >= 4 is 5.97 Å². The molecule has 0 aliphatic heterocycles. The van der Waals surface area contributed by atoms with Crippen molar-refractivity contribution in [1.82, 2.24) is 0 Å². The third-order valence-corrected chi connectivity index (χ3v) is 3.54. The number of nitrogens with two attached hydrogens (primary N) is 1. The van der Waals surface area contributed by atoms with E-state index < -0.39 is 6.04 Å². The molecule has 0 aromatic heterocycles. The van der Waals surface area contributed by atoms with Gasteiger partial charge in [0.1, 0.15) is 6.04 Å². The van der Waals surface area contributed by atoms with Crippen molar-refractivity contribution in [1.29, 1.82) is 0 Å². The number of methoxy groups -OCH3 is 1. The molecule has 1 aliphatic rings. The fourth-order valence-corrected chi connectivity index (χ4v) is 2.36. The molecule has 0 aromatic rings. The van der Waals surface area contributed by atoms with Gasteiger partial charge in [0.2, 0.25) is 0 Å². The summed E-state index contributed by atoms with van der Waals surface area (Å²) in [5, 5.41) is 0. The Hall–Kier alpha value is -0.650. The third-order valence-electron chi connectivity index (χ3n) is 3.54. The summed E-state index contributed by atoms with van der Waals surface area (Å²) >= 11 is 0. The van der Waals surface area contributed by atoms with Gasteiger partial charge < -0.3 is 19.9 Å². The quantitative estimate of drug-likeness (QED) is 0.509. The van der Waals surface area contributed by atoms with Crippen molar-refractivity contribution in [3.8, 4) is 0 Å². The molecule has 0 bridgehead atoms. The lowest BCUT2D eigenvalue weighted by molar-refractivity contribution is -0.147. The van der Waals surface area contributed by atoms with Gasteiger partial charge in [-0.1, -0.05) is 19.3 Å². The minimum absolute atomic E-state index is 0.260. The van der Waals surface area contributed by atoms with Crippen molar-refractivity contribution < 1.29 is 19.0 Å². The minimum atomic E-state index is -0.449. The van der Waals surface area contributed by atoms with Crippen molar-refractivity contribution in [3.63, 3.8) is 0 Å². The number of ether oxygens (including phenoxy) is 3. The van der Waals surface area contributed by atoms with Crippen LogP contribution in [0.5, 0.6) is 0 Å². The first-order valence-corrected chi connectivity index (χ1v) is 7.24. The van der Waals surface area contributed by atoms with Crippen LogP contribution in [0.25, 0.3) is 0 Å². The molecular formula is C14H27NO4. The molecule has 0 heterocycles. The van der Waals surface area contributed by atoms with Crippen LogP contribution in [0.2, 0.25) is 0 Å². The Labute approximate surface area is 115 Å². The smallest absolute Gasteiger partial charge is 0.323 e. The molecule has 5 nitrogen and oxygen atoms in total. The van der Waals surface area contributed by atoms with E-state index in [1.54, 1.807) is 7.11 Å². The summed E-state index contributed by atoms with van der Waals surface area (Å²) in [7, 11) is 1.64. The van der Waals surface area contributed by atoms with Crippen LogP contribution < -0.4 is 5.73 Å². The second-order valence-electron chi connectivity index (χ2n) is 5.05. The summed E-state index contributed by atoms with van der Waals surface area (Å²) in [5.41, 5.74) is 5.95. The number of esters is 1. The van der Waals surface area contributed by atoms with Gasteiger partial charge in [-0.3, -0.25) is 4.79 Å². The summed E-state index contributed by atoms with van der Waals surface area (Å²) in [6.45, 7) is 2.12. The monoisotopic (exact) mass is 273 g/mol. The molecule has 0 saturated heterocycles. The van der Waals surface area contributed by atoms with Gasteiger partial charge in [-0.15, -0.1) is 0 Å². The zero-order chi connectivity index (χ0) is 13.9. The largest absolute Gasteiger partial charge is 0.464 e. The van der Waals surface area contributed by atoms with Crippen LogP contribution in [0.15, 0.2) is 0 Å². The fourth-order valence-electron chi connectivity index (χ4n) is 2.36. The zero-order valence-corrected chi connectivity index (χ0v) is 11.9. The van der Waals surface area contributed by atoms with Gasteiger partial charge in [0.05, 0.1) is 19.8 Å². The molecule has 1 fully saturated rings. The Morgan fingerprint density at radius 1 is 1.16 bits per heavy atom. The molecule has 0 amide bonds. The zero-order valence-electron chi connectivity index (χ0n) is 11.9. The van der Waals surface area contributed by atoms with Gasteiger partial charge in [0, 0.05) is 20.1 Å². The average molecular weight is 273 g/mol. The summed E-state index contributed by atoms with van der Waals surface area (Å²) in [5.74, 6) is 0.0444. The lowest BCUT2D eigenvalue weighted by Crippen LogP contribution is -2.40. The van der Waals surface area contributed by atoms with Crippen molar-refractivity contribution in [2.75, 3.05) is 33.5 Å². The molecule has 1 saturated carbocycles. The van der Waals surface area contributed by atoms with E-state index in [0.29, 0.717) is 38.8 Å². The van der Waals surface area contributed by atoms with E-state index in [-0.39, 0.29) is 5.97 Å². The molecular weight excluding hydrogens is 246 g/mol. The maximum atomic E-state index is 11.8. The summed E-state index contributed by atoms with van der Waals surface area (Å²) < 4.78 is 15.3. The standard InChI is InChI=1S/C14H27NO4/c1-17-10-11-18-8-5-9-19-14(16)13(15)12-6-3-2-4-7-12/h12-13H,2-11,15H2,1H3. The minimum Gasteiger partial charge on any atom is -0.464 e. The van der Waals surface area contributed by atoms with Gasteiger partial charge >= 0.3 is 5.97 Å². The van der Waals surface area contributed by atoms with Crippen LogP contribution in [-0.2, 0) is 19.0 Å². The van der Waals surface area contributed by atoms with Crippen LogP contribution in [-0.4, -0.2) is 45.5 Å². The molecule has 2 N–H and O–H groups in total. The fraction of sp³-hybridized carbons (Fsp3) is 0.929. The molecule has 19 heavy (non-hydrogen) atoms. The van der Waals surface area contributed by atoms with Crippen molar-refractivity contribution in [2.24, 2.45) is 11.7 Å². The van der Waals surface area contributed by atoms with Gasteiger partial charge in [0.15, 0.2) is 0 Å². The van der Waals surface area contributed by atoms with Crippen molar-refractivity contribution in [2.45, 2.75) is 44.6 Å². The number of hydrogen-bond donors (Lipinski definition) is 1. The lowest BCUT2D eigenvalue weighted by atomic mass is 9.84. The molecule has 1 atom stereocenters. The van der Waals surface area contributed by atoms with Crippen LogP contribution in [0.3, 0.4) is 0 Å². The van der Waals surface area contributed by atoms with Gasteiger partial charge in [-0.2, -0.15) is 0 Å². The molecule has 1 aliphatic carbocycles. The van der Waals surface area contributed by atoms with E-state index in [1.165, 1.54) is 19.3 Å². The molecule has 1 unspecified atom stereocenters. The normalized spacial score (nSPS) is 18.2. The first kappa shape index (κ1) is 16.4. The van der Waals surface area contributed by atoms with E-state index in [4.69, 9.17) is 19.9 Å². The highest BCUT2D eigenvalue weighted by Gasteiger charge is 2.27. The first-order chi connectivity index (χ1) is 9.25. The SMILES string of the molecule is COCCOCCCOC(=O)C(N)C1CCCCC1. The van der Waals surface area contributed by atoms with Crippen LogP contribution in [0.1, 0.15) is 38.5 Å². The second-order valence-corrected chi connectivity index (χ2v) is 5.05. The predicted molar refractivity (Wildman–Crippen MR) is 72.8 cm³/mol. The van der Waals surface area contributed by atoms with Crippen LogP contribution in [0.4, 0.5) is 0 Å². The molecule has 5 heteroatoms. The highest BCUT2D eigenvalue weighted by molar-refractivity contribution is 5.75. The molecule has 112 valence electrons. The van der Waals surface area contributed by atoms with E-state index >= 15 is 0 Å². The number of hydrogen-bond acceptors (Lipinski definition) is 5. The maximum absolute atomic E-state index is 11.8. The van der Waals surface area contributed by atoms with E-state index in [1.807, 2.05) is 0 Å². The summed E-state index contributed by atoms with van der Waals surface area (Å²) in [6, 6.07) is -0.449. The molecule has 0 aromatic carbocycles. The Morgan fingerprint density at radius 3 is 2.58 bits per heavy atom. The molecule has 0 spiro atoms. The Bertz CT molecular complexity index is 242. The molecule has 1 rings (SSSR count). The topological polar surface area (TPSA) is 70.8 Å². The Balaban J connectivity index is 2.03. The van der Waals surface area contributed by atoms with Crippen LogP contribution in [0, 0.1) is 5.92 Å². The number of rotatable bonds is 9. The maximum Gasteiger partial charge on any atom is 0.323 e. The van der Waals surface area contributed by atoms with Crippen molar-refractivity contribution in [3.05, 3.63) is 0 Å². The number of carbonyl (C=O) groups is 1. The van der Waals surface area contributed by atoms with E-state index in [0.717, 1.165) is 12.8 Å². The first-order valence-electron chi connectivity index (χ1n) is 7.24. The lowest BCUT2D eigenvalue weighted by Gasteiger charge is -2.25. The van der Waals surface area contributed by atoms with Gasteiger partial charge in [0.25, 0.3) is 0 Å². The highest BCUT2D eigenvalue weighted by atomic mass is 16.5. The Kier molecular flexibility index (Phi) is 8.79. The predicted octanol–water partition coefficient (Wildman–Crippen LogP) is 1.49. The highest BCUT2D eigenvalue weighted by Crippen LogP contribution is 2.26. The summed E-state index contributed by atoms with van der Waals surface area (Å²) in [4.78, 5) is 11.8. The van der Waals surface area contributed by atoms with Crippen LogP contribution >= 0.6 is 0 Å². The molecule has 0 radical (unpaired) electrons. The second kappa shape index (κ2) is 10.2. The van der Waals surface area contributed by atoms with E-state index in [9.17, 15) is 4.79 Å². The van der Waals surface area contributed by atoms with Gasteiger partial charge in [-0.05, 0) is 18.8 Å².